The van der Waals surface area contributed by atoms with Crippen LogP contribution in [-0.2, 0) is 0 Å². The van der Waals surface area contributed by atoms with Crippen molar-refractivity contribution in [2.45, 2.75) is 32.7 Å². The Morgan fingerprint density at radius 1 is 1.37 bits per heavy atom. The lowest BCUT2D eigenvalue weighted by atomic mass is 10.2. The summed E-state index contributed by atoms with van der Waals surface area (Å²) in [5.74, 6) is 0. The SMILES string of the molecule is CCCCNCC(C)N1CCN(c2nccs2)CC1. The lowest BCUT2D eigenvalue weighted by Crippen LogP contribution is -2.52. The molecule has 0 aliphatic carbocycles. The van der Waals surface area contributed by atoms with Crippen molar-refractivity contribution in [3.8, 4) is 0 Å². The minimum Gasteiger partial charge on any atom is -0.346 e. The average molecular weight is 282 g/mol. The summed E-state index contributed by atoms with van der Waals surface area (Å²) in [5.41, 5.74) is 0. The van der Waals surface area contributed by atoms with Crippen molar-refractivity contribution < 1.29 is 0 Å². The maximum atomic E-state index is 4.39. The highest BCUT2D eigenvalue weighted by molar-refractivity contribution is 7.13. The van der Waals surface area contributed by atoms with Crippen molar-refractivity contribution in [1.82, 2.24) is 15.2 Å². The van der Waals surface area contributed by atoms with Gasteiger partial charge in [-0.2, -0.15) is 0 Å². The van der Waals surface area contributed by atoms with Crippen molar-refractivity contribution >= 4 is 16.5 Å². The maximum Gasteiger partial charge on any atom is 0.185 e. The second kappa shape index (κ2) is 7.82. The van der Waals surface area contributed by atoms with E-state index in [1.807, 2.05) is 6.20 Å². The van der Waals surface area contributed by atoms with Gasteiger partial charge in [-0.3, -0.25) is 4.90 Å². The zero-order chi connectivity index (χ0) is 13.5. The Labute approximate surface area is 120 Å². The van der Waals surface area contributed by atoms with Crippen LogP contribution in [0.4, 0.5) is 5.13 Å². The lowest BCUT2D eigenvalue weighted by Gasteiger charge is -2.38. The van der Waals surface area contributed by atoms with Crippen molar-refractivity contribution in [3.63, 3.8) is 0 Å². The molecule has 0 radical (unpaired) electrons. The molecule has 108 valence electrons. The number of rotatable bonds is 7. The number of unbranched alkanes of at least 4 members (excludes halogenated alkanes) is 1. The summed E-state index contributed by atoms with van der Waals surface area (Å²) in [6.07, 6.45) is 4.45. The molecule has 1 aliphatic heterocycles. The zero-order valence-electron chi connectivity index (χ0n) is 12.1. The van der Waals surface area contributed by atoms with Crippen LogP contribution in [0.5, 0.6) is 0 Å². The number of nitrogens with zero attached hydrogens (tertiary/aromatic N) is 3. The van der Waals surface area contributed by atoms with Crippen LogP contribution in [0.15, 0.2) is 11.6 Å². The van der Waals surface area contributed by atoms with Gasteiger partial charge < -0.3 is 10.2 Å². The molecule has 2 rings (SSSR count). The van der Waals surface area contributed by atoms with E-state index in [1.54, 1.807) is 11.3 Å². The van der Waals surface area contributed by atoms with Crippen LogP contribution in [0.25, 0.3) is 0 Å². The van der Waals surface area contributed by atoms with E-state index >= 15 is 0 Å². The topological polar surface area (TPSA) is 31.4 Å². The first kappa shape index (κ1) is 14.8. The summed E-state index contributed by atoms with van der Waals surface area (Å²) in [7, 11) is 0. The highest BCUT2D eigenvalue weighted by atomic mass is 32.1. The fraction of sp³-hybridized carbons (Fsp3) is 0.786. The van der Waals surface area contributed by atoms with Crippen LogP contribution in [0.2, 0.25) is 0 Å². The summed E-state index contributed by atoms with van der Waals surface area (Å²) >= 11 is 1.74. The Kier molecular flexibility index (Phi) is 6.07. The van der Waals surface area contributed by atoms with E-state index in [2.05, 4.69) is 39.3 Å². The van der Waals surface area contributed by atoms with Gasteiger partial charge >= 0.3 is 0 Å². The number of hydrogen-bond donors (Lipinski definition) is 1. The van der Waals surface area contributed by atoms with Gasteiger partial charge in [0.25, 0.3) is 0 Å². The molecule has 0 spiro atoms. The zero-order valence-corrected chi connectivity index (χ0v) is 13.0. The molecule has 2 heterocycles. The van der Waals surface area contributed by atoms with Crippen molar-refractivity contribution in [3.05, 3.63) is 11.6 Å². The molecule has 1 atom stereocenters. The molecule has 0 saturated carbocycles. The van der Waals surface area contributed by atoms with Gasteiger partial charge in [0.1, 0.15) is 0 Å². The molecule has 1 aromatic rings. The van der Waals surface area contributed by atoms with Gasteiger partial charge in [-0.1, -0.05) is 13.3 Å². The van der Waals surface area contributed by atoms with Gasteiger partial charge in [0.2, 0.25) is 0 Å². The van der Waals surface area contributed by atoms with Gasteiger partial charge in [-0.25, -0.2) is 4.98 Å². The van der Waals surface area contributed by atoms with Gasteiger partial charge in [-0.05, 0) is 19.9 Å². The van der Waals surface area contributed by atoms with Gasteiger partial charge in [0.15, 0.2) is 5.13 Å². The largest absolute Gasteiger partial charge is 0.346 e. The fourth-order valence-electron chi connectivity index (χ4n) is 2.47. The molecule has 1 unspecified atom stereocenters. The summed E-state index contributed by atoms with van der Waals surface area (Å²) in [4.78, 5) is 9.38. The van der Waals surface area contributed by atoms with Crippen LogP contribution >= 0.6 is 11.3 Å². The molecule has 1 aromatic heterocycles. The van der Waals surface area contributed by atoms with E-state index in [-0.39, 0.29) is 0 Å². The second-order valence-electron chi connectivity index (χ2n) is 5.24. The molecular weight excluding hydrogens is 256 g/mol. The molecular formula is C14H26N4S. The van der Waals surface area contributed by atoms with E-state index < -0.39 is 0 Å². The van der Waals surface area contributed by atoms with E-state index in [4.69, 9.17) is 0 Å². The van der Waals surface area contributed by atoms with Gasteiger partial charge in [0, 0.05) is 50.3 Å². The highest BCUT2D eigenvalue weighted by Gasteiger charge is 2.21. The minimum absolute atomic E-state index is 0.635. The summed E-state index contributed by atoms with van der Waals surface area (Å²) in [5, 5.41) is 6.79. The van der Waals surface area contributed by atoms with E-state index in [9.17, 15) is 0 Å². The van der Waals surface area contributed by atoms with Crippen molar-refractivity contribution in [2.75, 3.05) is 44.2 Å². The van der Waals surface area contributed by atoms with E-state index in [0.29, 0.717) is 6.04 Å². The summed E-state index contributed by atoms with van der Waals surface area (Å²) in [6.45, 7) is 11.3. The fourth-order valence-corrected chi connectivity index (χ4v) is 3.16. The standard InChI is InChI=1S/C14H26N4S/c1-3-4-5-15-12-13(2)17-7-9-18(10-8-17)14-16-6-11-19-14/h6,11,13,15H,3-5,7-10,12H2,1-2H3. The smallest absolute Gasteiger partial charge is 0.185 e. The van der Waals surface area contributed by atoms with Crippen LogP contribution in [0.1, 0.15) is 26.7 Å². The van der Waals surface area contributed by atoms with Crippen LogP contribution in [0.3, 0.4) is 0 Å². The van der Waals surface area contributed by atoms with Crippen LogP contribution in [-0.4, -0.2) is 55.2 Å². The molecule has 0 amide bonds. The summed E-state index contributed by atoms with van der Waals surface area (Å²) < 4.78 is 0. The number of aromatic nitrogens is 1. The first-order chi connectivity index (χ1) is 9.31. The average Bonchev–Trinajstić information content (AvgIpc) is 2.98. The predicted octanol–water partition coefficient (Wildman–Crippen LogP) is 2.04. The molecule has 0 bridgehead atoms. The molecule has 1 N–H and O–H groups in total. The number of hydrogen-bond acceptors (Lipinski definition) is 5. The van der Waals surface area contributed by atoms with Crippen LogP contribution in [0, 0.1) is 0 Å². The van der Waals surface area contributed by atoms with E-state index in [1.165, 1.54) is 18.0 Å². The Bertz CT molecular complexity index is 333. The van der Waals surface area contributed by atoms with Crippen molar-refractivity contribution in [2.24, 2.45) is 0 Å². The molecule has 19 heavy (non-hydrogen) atoms. The molecule has 1 aliphatic rings. The van der Waals surface area contributed by atoms with Gasteiger partial charge in [0.05, 0.1) is 0 Å². The highest BCUT2D eigenvalue weighted by Crippen LogP contribution is 2.19. The molecule has 0 aromatic carbocycles. The Balaban J connectivity index is 1.67. The number of nitrogens with one attached hydrogen (secondary N) is 1. The van der Waals surface area contributed by atoms with Crippen molar-refractivity contribution in [1.29, 1.82) is 0 Å². The third-order valence-corrected chi connectivity index (χ3v) is 4.61. The number of piperazine rings is 1. The van der Waals surface area contributed by atoms with Gasteiger partial charge in [-0.15, -0.1) is 11.3 Å². The lowest BCUT2D eigenvalue weighted by molar-refractivity contribution is 0.193. The summed E-state index contributed by atoms with van der Waals surface area (Å²) in [6, 6.07) is 0.635. The Morgan fingerprint density at radius 3 is 2.79 bits per heavy atom. The monoisotopic (exact) mass is 282 g/mol. The predicted molar refractivity (Wildman–Crippen MR) is 83.1 cm³/mol. The third-order valence-electron chi connectivity index (χ3n) is 3.77. The van der Waals surface area contributed by atoms with Crippen LogP contribution < -0.4 is 10.2 Å². The third kappa shape index (κ3) is 4.44. The molecule has 1 fully saturated rings. The second-order valence-corrected chi connectivity index (χ2v) is 6.12. The molecule has 1 saturated heterocycles. The first-order valence-corrected chi connectivity index (χ1v) is 8.28. The number of anilines is 1. The number of thiazole rings is 1. The first-order valence-electron chi connectivity index (χ1n) is 7.40. The Morgan fingerprint density at radius 2 is 2.16 bits per heavy atom. The molecule has 5 heteroatoms. The molecule has 4 nitrogen and oxygen atoms in total. The maximum absolute atomic E-state index is 4.39. The van der Waals surface area contributed by atoms with E-state index in [0.717, 1.165) is 39.3 Å². The quantitative estimate of drug-likeness (QED) is 0.776. The normalized spacial score (nSPS) is 18.7. The minimum atomic E-state index is 0.635. The Hall–Kier alpha value is -0.650.